The molecule has 3 nitrogen and oxygen atoms in total. The molecule has 1 fully saturated rings. The average molecular weight is 178 g/mol. The smallest absolute Gasteiger partial charge is 0.315 e. The largest absolute Gasteiger partial charge is 0.350 e. The first-order valence-electron chi connectivity index (χ1n) is 3.99. The molecule has 0 spiro atoms. The molecule has 0 aliphatic carbocycles. The molecule has 0 aromatic carbocycles. The molecule has 0 aromatic heterocycles. The number of hydrogen-bond donors (Lipinski definition) is 2. The highest BCUT2D eigenvalue weighted by Gasteiger charge is 2.18. The van der Waals surface area contributed by atoms with E-state index in [4.69, 9.17) is 0 Å². The Morgan fingerprint density at radius 2 is 2.42 bits per heavy atom. The van der Waals surface area contributed by atoms with E-state index in [1.54, 1.807) is 0 Å². The Kier molecular flexibility index (Phi) is 3.40. The summed E-state index contributed by atoms with van der Waals surface area (Å²) in [4.78, 5) is 10.4. The molecule has 1 atom stereocenters. The molecular weight excluding hydrogens is 166 g/mol. The van der Waals surface area contributed by atoms with E-state index in [2.05, 4.69) is 10.6 Å². The summed E-state index contributed by atoms with van der Waals surface area (Å²) in [5.74, 6) is -1.18. The second-order valence-electron chi connectivity index (χ2n) is 2.84. The Morgan fingerprint density at radius 1 is 1.67 bits per heavy atom. The summed E-state index contributed by atoms with van der Waals surface area (Å²) in [5.41, 5.74) is 0. The summed E-state index contributed by atoms with van der Waals surface area (Å²) in [6.07, 6.45) is -0.898. The van der Waals surface area contributed by atoms with Gasteiger partial charge in [-0.2, -0.15) is 8.78 Å². The first-order chi connectivity index (χ1) is 5.70. The SMILES string of the molecule is O=C(NCC1CCCN1)C(F)F. The molecule has 1 aliphatic rings. The van der Waals surface area contributed by atoms with Crippen LogP contribution in [0, 0.1) is 0 Å². The van der Waals surface area contributed by atoms with Crippen LogP contribution in [0.15, 0.2) is 0 Å². The summed E-state index contributed by atoms with van der Waals surface area (Å²) >= 11 is 0. The number of halogens is 2. The molecule has 0 radical (unpaired) electrons. The maximum atomic E-state index is 11.7. The van der Waals surface area contributed by atoms with E-state index < -0.39 is 12.3 Å². The van der Waals surface area contributed by atoms with Crippen LogP contribution in [0.4, 0.5) is 8.78 Å². The van der Waals surface area contributed by atoms with Gasteiger partial charge in [-0.25, -0.2) is 0 Å². The van der Waals surface area contributed by atoms with Crippen molar-refractivity contribution >= 4 is 5.91 Å². The quantitative estimate of drug-likeness (QED) is 0.644. The van der Waals surface area contributed by atoms with Crippen molar-refractivity contribution in [1.29, 1.82) is 0 Å². The van der Waals surface area contributed by atoms with Gasteiger partial charge >= 0.3 is 6.43 Å². The van der Waals surface area contributed by atoms with Gasteiger partial charge in [0.15, 0.2) is 0 Å². The van der Waals surface area contributed by atoms with E-state index in [1.165, 1.54) is 0 Å². The molecule has 1 rings (SSSR count). The van der Waals surface area contributed by atoms with Crippen molar-refractivity contribution in [3.8, 4) is 0 Å². The monoisotopic (exact) mass is 178 g/mol. The third-order valence-corrected chi connectivity index (χ3v) is 1.88. The third-order valence-electron chi connectivity index (χ3n) is 1.88. The number of amides is 1. The molecule has 1 aliphatic heterocycles. The number of rotatable bonds is 3. The standard InChI is InChI=1S/C7H12F2N2O/c8-6(9)7(12)11-4-5-2-1-3-10-5/h5-6,10H,1-4H2,(H,11,12). The molecule has 1 unspecified atom stereocenters. The molecule has 2 N–H and O–H groups in total. The van der Waals surface area contributed by atoms with Gasteiger partial charge in [0.1, 0.15) is 0 Å². The Balaban J connectivity index is 2.12. The van der Waals surface area contributed by atoms with Gasteiger partial charge in [0.05, 0.1) is 0 Å². The summed E-state index contributed by atoms with van der Waals surface area (Å²) in [6, 6.07) is 0.174. The molecule has 1 heterocycles. The molecule has 0 saturated carbocycles. The highest BCUT2D eigenvalue weighted by atomic mass is 19.3. The highest BCUT2D eigenvalue weighted by molar-refractivity contribution is 5.79. The molecule has 1 amide bonds. The van der Waals surface area contributed by atoms with Crippen LogP contribution in [0.1, 0.15) is 12.8 Å². The van der Waals surface area contributed by atoms with Crippen LogP contribution in [0.5, 0.6) is 0 Å². The Bertz CT molecular complexity index is 157. The van der Waals surface area contributed by atoms with Crippen molar-refractivity contribution in [1.82, 2.24) is 10.6 Å². The second-order valence-corrected chi connectivity index (χ2v) is 2.84. The molecule has 0 aromatic rings. The van der Waals surface area contributed by atoms with E-state index in [1.807, 2.05) is 0 Å². The lowest BCUT2D eigenvalue weighted by Gasteiger charge is -2.10. The average Bonchev–Trinajstić information content (AvgIpc) is 2.51. The lowest BCUT2D eigenvalue weighted by Crippen LogP contribution is -2.39. The predicted octanol–water partition coefficient (Wildman–Crippen LogP) is 0.120. The second kappa shape index (κ2) is 4.35. The van der Waals surface area contributed by atoms with Crippen molar-refractivity contribution in [3.63, 3.8) is 0 Å². The minimum absolute atomic E-state index is 0.174. The lowest BCUT2D eigenvalue weighted by atomic mass is 10.2. The van der Waals surface area contributed by atoms with E-state index >= 15 is 0 Å². The summed E-state index contributed by atoms with van der Waals surface area (Å²) < 4.78 is 23.3. The van der Waals surface area contributed by atoms with Crippen LogP contribution in [0.3, 0.4) is 0 Å². The van der Waals surface area contributed by atoms with Crippen LogP contribution in [0.2, 0.25) is 0 Å². The minimum Gasteiger partial charge on any atom is -0.350 e. The first-order valence-corrected chi connectivity index (χ1v) is 3.99. The van der Waals surface area contributed by atoms with Crippen molar-refractivity contribution in [2.24, 2.45) is 0 Å². The fourth-order valence-corrected chi connectivity index (χ4v) is 1.23. The fourth-order valence-electron chi connectivity index (χ4n) is 1.23. The van der Waals surface area contributed by atoms with Gasteiger partial charge in [-0.1, -0.05) is 0 Å². The van der Waals surface area contributed by atoms with E-state index in [0.717, 1.165) is 19.4 Å². The van der Waals surface area contributed by atoms with Crippen molar-refractivity contribution in [2.75, 3.05) is 13.1 Å². The van der Waals surface area contributed by atoms with Crippen molar-refractivity contribution < 1.29 is 13.6 Å². The van der Waals surface area contributed by atoms with Gasteiger partial charge in [-0.05, 0) is 19.4 Å². The van der Waals surface area contributed by atoms with Crippen LogP contribution in [0.25, 0.3) is 0 Å². The van der Waals surface area contributed by atoms with Gasteiger partial charge in [-0.3, -0.25) is 4.79 Å². The van der Waals surface area contributed by atoms with E-state index in [-0.39, 0.29) is 6.04 Å². The number of carbonyl (C=O) groups is 1. The first kappa shape index (κ1) is 9.38. The molecule has 1 saturated heterocycles. The summed E-state index contributed by atoms with van der Waals surface area (Å²) in [5, 5.41) is 5.26. The topological polar surface area (TPSA) is 41.1 Å². The number of hydrogen-bond acceptors (Lipinski definition) is 2. The number of nitrogens with one attached hydrogen (secondary N) is 2. The maximum Gasteiger partial charge on any atom is 0.315 e. The van der Waals surface area contributed by atoms with Gasteiger partial charge in [0, 0.05) is 12.6 Å². The zero-order chi connectivity index (χ0) is 8.97. The van der Waals surface area contributed by atoms with Crippen LogP contribution in [-0.2, 0) is 4.79 Å². The lowest BCUT2D eigenvalue weighted by molar-refractivity contribution is -0.131. The van der Waals surface area contributed by atoms with Gasteiger partial charge in [0.2, 0.25) is 0 Å². The zero-order valence-electron chi connectivity index (χ0n) is 6.65. The van der Waals surface area contributed by atoms with Crippen LogP contribution >= 0.6 is 0 Å². The van der Waals surface area contributed by atoms with Gasteiger partial charge in [0.25, 0.3) is 5.91 Å². The Hall–Kier alpha value is -0.710. The predicted molar refractivity (Wildman–Crippen MR) is 40.0 cm³/mol. The molecule has 0 bridgehead atoms. The molecule has 12 heavy (non-hydrogen) atoms. The van der Waals surface area contributed by atoms with Crippen LogP contribution in [-0.4, -0.2) is 31.5 Å². The van der Waals surface area contributed by atoms with Gasteiger partial charge in [-0.15, -0.1) is 0 Å². The van der Waals surface area contributed by atoms with Crippen molar-refractivity contribution in [3.05, 3.63) is 0 Å². The molecule has 70 valence electrons. The Morgan fingerprint density at radius 3 is 2.92 bits per heavy atom. The maximum absolute atomic E-state index is 11.7. The zero-order valence-corrected chi connectivity index (χ0v) is 6.65. The van der Waals surface area contributed by atoms with Crippen LogP contribution < -0.4 is 10.6 Å². The minimum atomic E-state index is -2.90. The van der Waals surface area contributed by atoms with E-state index in [9.17, 15) is 13.6 Å². The third kappa shape index (κ3) is 2.73. The Labute approximate surface area is 69.5 Å². The van der Waals surface area contributed by atoms with E-state index in [0.29, 0.717) is 6.54 Å². The van der Waals surface area contributed by atoms with Crippen molar-refractivity contribution in [2.45, 2.75) is 25.3 Å². The fraction of sp³-hybridized carbons (Fsp3) is 0.857. The normalized spacial score (nSPS) is 23.1. The number of alkyl halides is 2. The van der Waals surface area contributed by atoms with Gasteiger partial charge < -0.3 is 10.6 Å². The molecule has 5 heteroatoms. The molecular formula is C7H12F2N2O. The summed E-state index contributed by atoms with van der Waals surface area (Å²) in [7, 11) is 0. The highest BCUT2D eigenvalue weighted by Crippen LogP contribution is 2.03. The summed E-state index contributed by atoms with van der Waals surface area (Å²) in [6.45, 7) is 1.22. The number of carbonyl (C=O) groups excluding carboxylic acids is 1.